The van der Waals surface area contributed by atoms with Crippen molar-refractivity contribution < 1.29 is 9.90 Å². The molecule has 1 N–H and O–H groups in total. The average Bonchev–Trinajstić information content (AvgIpc) is 2.10. The van der Waals surface area contributed by atoms with Gasteiger partial charge in [0, 0.05) is 0 Å². The van der Waals surface area contributed by atoms with Crippen molar-refractivity contribution in [3.8, 4) is 5.75 Å². The topological polar surface area (TPSA) is 37.3 Å². The summed E-state index contributed by atoms with van der Waals surface area (Å²) in [5.74, 6) is -0.0282. The molecule has 0 unspecified atom stereocenters. The van der Waals surface area contributed by atoms with Crippen LogP contribution >= 0.6 is 0 Å². The van der Waals surface area contributed by atoms with Gasteiger partial charge in [-0.1, -0.05) is 12.1 Å². The second kappa shape index (κ2) is 4.09. The van der Waals surface area contributed by atoms with Crippen LogP contribution in [0.3, 0.4) is 0 Å². The van der Waals surface area contributed by atoms with Gasteiger partial charge in [0.1, 0.15) is 5.75 Å². The molecular weight excluding hydrogens is 176 g/mol. The van der Waals surface area contributed by atoms with Crippen molar-refractivity contribution in [2.45, 2.75) is 20.3 Å². The Morgan fingerprint density at radius 1 is 1.57 bits per heavy atom. The fourth-order valence-electron chi connectivity index (χ4n) is 1.43. The molecule has 0 fully saturated rings. The molecule has 0 aromatic heterocycles. The SMILES string of the molecule is C=CCc1cc(C)cc(C(C)=O)c1O. The lowest BCUT2D eigenvalue weighted by Gasteiger charge is -2.07. The van der Waals surface area contributed by atoms with E-state index in [-0.39, 0.29) is 11.5 Å². The second-order valence-corrected chi connectivity index (χ2v) is 3.37. The standard InChI is InChI=1S/C12H14O2/c1-4-5-10-6-8(2)7-11(9(3)13)12(10)14/h4,6-7,14H,1,5H2,2-3H3. The van der Waals surface area contributed by atoms with Gasteiger partial charge < -0.3 is 5.11 Å². The predicted octanol–water partition coefficient (Wildman–Crippen LogP) is 2.63. The molecule has 1 rings (SSSR count). The van der Waals surface area contributed by atoms with Crippen LogP contribution in [0.4, 0.5) is 0 Å². The molecule has 0 aliphatic rings. The molecule has 0 aliphatic heterocycles. The Labute approximate surface area is 83.9 Å². The van der Waals surface area contributed by atoms with E-state index in [1.54, 1.807) is 12.1 Å². The van der Waals surface area contributed by atoms with Gasteiger partial charge in [0.15, 0.2) is 5.78 Å². The molecule has 0 spiro atoms. The van der Waals surface area contributed by atoms with E-state index in [1.165, 1.54) is 6.92 Å². The van der Waals surface area contributed by atoms with Crippen molar-refractivity contribution in [1.82, 2.24) is 0 Å². The number of allylic oxidation sites excluding steroid dienone is 1. The average molecular weight is 190 g/mol. The van der Waals surface area contributed by atoms with Gasteiger partial charge in [0.2, 0.25) is 0 Å². The Balaban J connectivity index is 3.31. The van der Waals surface area contributed by atoms with Crippen LogP contribution in [0.1, 0.15) is 28.4 Å². The lowest BCUT2D eigenvalue weighted by molar-refractivity contribution is 0.101. The Morgan fingerprint density at radius 2 is 2.21 bits per heavy atom. The second-order valence-electron chi connectivity index (χ2n) is 3.37. The normalized spacial score (nSPS) is 9.86. The molecule has 2 nitrogen and oxygen atoms in total. The summed E-state index contributed by atoms with van der Waals surface area (Å²) in [4.78, 5) is 11.2. The van der Waals surface area contributed by atoms with Gasteiger partial charge in [-0.2, -0.15) is 0 Å². The Hall–Kier alpha value is -1.57. The van der Waals surface area contributed by atoms with E-state index in [2.05, 4.69) is 6.58 Å². The van der Waals surface area contributed by atoms with Crippen molar-refractivity contribution in [3.05, 3.63) is 41.5 Å². The molecule has 74 valence electrons. The number of aryl methyl sites for hydroxylation is 1. The van der Waals surface area contributed by atoms with E-state index in [1.807, 2.05) is 13.0 Å². The van der Waals surface area contributed by atoms with E-state index in [0.29, 0.717) is 12.0 Å². The number of phenolic OH excluding ortho intramolecular Hbond substituents is 1. The summed E-state index contributed by atoms with van der Waals surface area (Å²) in [6.07, 6.45) is 2.28. The minimum atomic E-state index is -0.114. The number of Topliss-reactive ketones (excluding diaryl/α,β-unsaturated/α-hetero) is 1. The molecule has 0 atom stereocenters. The molecule has 2 heteroatoms. The summed E-state index contributed by atoms with van der Waals surface area (Å²) in [6, 6.07) is 3.56. The summed E-state index contributed by atoms with van der Waals surface area (Å²) in [7, 11) is 0. The van der Waals surface area contributed by atoms with Crippen molar-refractivity contribution in [1.29, 1.82) is 0 Å². The zero-order chi connectivity index (χ0) is 10.7. The highest BCUT2D eigenvalue weighted by Gasteiger charge is 2.10. The summed E-state index contributed by atoms with van der Waals surface area (Å²) in [5, 5.41) is 9.75. The van der Waals surface area contributed by atoms with E-state index in [4.69, 9.17) is 0 Å². The van der Waals surface area contributed by atoms with Gasteiger partial charge in [0.25, 0.3) is 0 Å². The van der Waals surface area contributed by atoms with Crippen LogP contribution in [0.15, 0.2) is 24.8 Å². The molecule has 0 aliphatic carbocycles. The van der Waals surface area contributed by atoms with Gasteiger partial charge >= 0.3 is 0 Å². The van der Waals surface area contributed by atoms with Gasteiger partial charge in [-0.25, -0.2) is 0 Å². The van der Waals surface area contributed by atoms with Crippen molar-refractivity contribution in [2.75, 3.05) is 0 Å². The van der Waals surface area contributed by atoms with Gasteiger partial charge in [-0.3, -0.25) is 4.79 Å². The molecule has 0 saturated heterocycles. The highest BCUT2D eigenvalue weighted by atomic mass is 16.3. The maximum Gasteiger partial charge on any atom is 0.163 e. The number of hydrogen-bond acceptors (Lipinski definition) is 2. The van der Waals surface area contributed by atoms with Crippen LogP contribution in [-0.2, 0) is 6.42 Å². The van der Waals surface area contributed by atoms with Crippen LogP contribution in [0, 0.1) is 6.92 Å². The quantitative estimate of drug-likeness (QED) is 0.587. The number of phenols is 1. The molecule has 1 aromatic carbocycles. The first kappa shape index (κ1) is 10.5. The predicted molar refractivity (Wildman–Crippen MR) is 56.7 cm³/mol. The zero-order valence-electron chi connectivity index (χ0n) is 8.50. The summed E-state index contributed by atoms with van der Waals surface area (Å²) >= 11 is 0. The first-order valence-corrected chi connectivity index (χ1v) is 4.50. The molecule has 0 bridgehead atoms. The first-order chi connectivity index (χ1) is 6.56. The minimum absolute atomic E-state index is 0.0861. The van der Waals surface area contributed by atoms with E-state index in [9.17, 15) is 9.90 Å². The molecule has 14 heavy (non-hydrogen) atoms. The number of aromatic hydroxyl groups is 1. The molecule has 0 heterocycles. The van der Waals surface area contributed by atoms with Crippen molar-refractivity contribution >= 4 is 5.78 Å². The fourth-order valence-corrected chi connectivity index (χ4v) is 1.43. The van der Waals surface area contributed by atoms with Crippen molar-refractivity contribution in [2.24, 2.45) is 0 Å². The smallest absolute Gasteiger partial charge is 0.163 e. The summed E-state index contributed by atoms with van der Waals surface area (Å²) < 4.78 is 0. The Morgan fingerprint density at radius 3 is 2.71 bits per heavy atom. The molecule has 1 aromatic rings. The molecular formula is C12H14O2. The third-order valence-corrected chi connectivity index (χ3v) is 2.08. The monoisotopic (exact) mass is 190 g/mol. The lowest BCUT2D eigenvalue weighted by Crippen LogP contribution is -1.97. The maximum absolute atomic E-state index is 11.2. The van der Waals surface area contributed by atoms with E-state index in [0.717, 1.165) is 11.1 Å². The van der Waals surface area contributed by atoms with Crippen LogP contribution in [0.2, 0.25) is 0 Å². The van der Waals surface area contributed by atoms with Gasteiger partial charge in [-0.15, -0.1) is 6.58 Å². The molecule has 0 saturated carbocycles. The van der Waals surface area contributed by atoms with Crippen LogP contribution in [0.25, 0.3) is 0 Å². The number of carbonyl (C=O) groups excluding carboxylic acids is 1. The molecule has 0 radical (unpaired) electrons. The zero-order valence-corrected chi connectivity index (χ0v) is 8.50. The highest BCUT2D eigenvalue weighted by molar-refractivity contribution is 5.97. The largest absolute Gasteiger partial charge is 0.507 e. The number of rotatable bonds is 3. The number of hydrogen-bond donors (Lipinski definition) is 1. The van der Waals surface area contributed by atoms with Gasteiger partial charge in [0.05, 0.1) is 5.56 Å². The minimum Gasteiger partial charge on any atom is -0.507 e. The number of benzene rings is 1. The fraction of sp³-hybridized carbons (Fsp3) is 0.250. The highest BCUT2D eigenvalue weighted by Crippen LogP contribution is 2.25. The Bertz CT molecular complexity index is 378. The maximum atomic E-state index is 11.2. The third-order valence-electron chi connectivity index (χ3n) is 2.08. The number of ketones is 1. The first-order valence-electron chi connectivity index (χ1n) is 4.50. The van der Waals surface area contributed by atoms with E-state index >= 15 is 0 Å². The van der Waals surface area contributed by atoms with Crippen LogP contribution in [-0.4, -0.2) is 10.9 Å². The summed E-state index contributed by atoms with van der Waals surface area (Å²) in [5.41, 5.74) is 2.12. The Kier molecular flexibility index (Phi) is 3.07. The van der Waals surface area contributed by atoms with Crippen molar-refractivity contribution in [3.63, 3.8) is 0 Å². The van der Waals surface area contributed by atoms with Crippen LogP contribution in [0.5, 0.6) is 5.75 Å². The summed E-state index contributed by atoms with van der Waals surface area (Å²) in [6.45, 7) is 6.96. The van der Waals surface area contributed by atoms with Gasteiger partial charge in [-0.05, 0) is 37.5 Å². The number of carbonyl (C=O) groups is 1. The van der Waals surface area contributed by atoms with E-state index < -0.39 is 0 Å². The molecule has 0 amide bonds. The van der Waals surface area contributed by atoms with Crippen LogP contribution < -0.4 is 0 Å². The lowest BCUT2D eigenvalue weighted by atomic mass is 10.0. The third kappa shape index (κ3) is 2.02.